The Kier molecular flexibility index (Phi) is 5.52. The van der Waals surface area contributed by atoms with Crippen LogP contribution in [0.25, 0.3) is 0 Å². The molecule has 0 saturated carbocycles. The Hall–Kier alpha value is -2.87. The highest BCUT2D eigenvalue weighted by Gasteiger charge is 2.10. The topological polar surface area (TPSA) is 91.3 Å². The Morgan fingerprint density at radius 1 is 1.19 bits per heavy atom. The van der Waals surface area contributed by atoms with Crippen molar-refractivity contribution in [1.29, 1.82) is 0 Å². The number of nitrogens with zero attached hydrogens (tertiary/aromatic N) is 3. The van der Waals surface area contributed by atoms with Crippen LogP contribution in [0.5, 0.6) is 5.75 Å². The average molecular weight is 371 g/mol. The second-order valence-electron chi connectivity index (χ2n) is 5.74. The van der Waals surface area contributed by atoms with Gasteiger partial charge in [-0.25, -0.2) is 0 Å². The van der Waals surface area contributed by atoms with E-state index in [-0.39, 0.29) is 12.3 Å². The van der Waals surface area contributed by atoms with Gasteiger partial charge in [-0.3, -0.25) is 10.1 Å². The fourth-order valence-electron chi connectivity index (χ4n) is 2.26. The van der Waals surface area contributed by atoms with Gasteiger partial charge in [0.2, 0.25) is 0 Å². The number of hydrogen-bond donors (Lipinski definition) is 0. The normalized spacial score (nSPS) is 10.7. The van der Waals surface area contributed by atoms with E-state index in [2.05, 4.69) is 10.2 Å². The lowest BCUT2D eigenvalue weighted by molar-refractivity contribution is -0.384. The first-order valence-electron chi connectivity index (χ1n) is 7.90. The zero-order valence-electron chi connectivity index (χ0n) is 14.3. The van der Waals surface area contributed by atoms with E-state index in [1.165, 1.54) is 23.9 Å². The molecule has 0 saturated heterocycles. The first-order valence-corrected chi connectivity index (χ1v) is 8.88. The van der Waals surface area contributed by atoms with Crippen LogP contribution in [0.3, 0.4) is 0 Å². The predicted molar refractivity (Wildman–Crippen MR) is 97.2 cm³/mol. The zero-order valence-corrected chi connectivity index (χ0v) is 15.2. The van der Waals surface area contributed by atoms with Crippen LogP contribution in [0.4, 0.5) is 5.69 Å². The van der Waals surface area contributed by atoms with Gasteiger partial charge in [-0.15, -0.1) is 10.2 Å². The lowest BCUT2D eigenvalue weighted by Gasteiger charge is -2.07. The van der Waals surface area contributed by atoms with Gasteiger partial charge in [0.15, 0.2) is 6.61 Å². The Labute approximate surface area is 154 Å². The van der Waals surface area contributed by atoms with Crippen molar-refractivity contribution >= 4 is 17.4 Å². The van der Waals surface area contributed by atoms with Crippen molar-refractivity contribution in [2.45, 2.75) is 31.4 Å². The molecule has 0 unspecified atom stereocenters. The van der Waals surface area contributed by atoms with E-state index in [4.69, 9.17) is 9.15 Å². The summed E-state index contributed by atoms with van der Waals surface area (Å²) in [6, 6.07) is 12.5. The van der Waals surface area contributed by atoms with Gasteiger partial charge in [0.25, 0.3) is 16.8 Å². The summed E-state index contributed by atoms with van der Waals surface area (Å²) in [4.78, 5) is 10.4. The lowest BCUT2D eigenvalue weighted by Crippen LogP contribution is -1.97. The van der Waals surface area contributed by atoms with Gasteiger partial charge in [0, 0.05) is 17.9 Å². The summed E-state index contributed by atoms with van der Waals surface area (Å²) in [6.07, 6.45) is 0. The number of nitro groups is 1. The summed E-state index contributed by atoms with van der Waals surface area (Å²) in [6.45, 7) is 4.17. The Balaban J connectivity index is 1.57. The van der Waals surface area contributed by atoms with E-state index in [0.29, 0.717) is 16.9 Å². The summed E-state index contributed by atoms with van der Waals surface area (Å²) in [7, 11) is 0. The minimum Gasteiger partial charge on any atom is -0.484 e. The van der Waals surface area contributed by atoms with Crippen molar-refractivity contribution in [1.82, 2.24) is 10.2 Å². The van der Waals surface area contributed by atoms with Crippen LogP contribution < -0.4 is 4.74 Å². The molecule has 0 fully saturated rings. The average Bonchev–Trinajstić information content (AvgIpc) is 3.09. The molecule has 1 heterocycles. The number of non-ortho nitro benzene ring substituents is 1. The largest absolute Gasteiger partial charge is 0.484 e. The molecule has 2 aromatic carbocycles. The van der Waals surface area contributed by atoms with Crippen LogP contribution in [0.1, 0.15) is 22.6 Å². The van der Waals surface area contributed by atoms with Gasteiger partial charge >= 0.3 is 0 Å². The number of ether oxygens (including phenoxy) is 1. The molecule has 134 valence electrons. The zero-order chi connectivity index (χ0) is 18.5. The van der Waals surface area contributed by atoms with E-state index in [0.717, 1.165) is 22.4 Å². The van der Waals surface area contributed by atoms with Gasteiger partial charge in [0.05, 0.1) is 4.92 Å². The summed E-state index contributed by atoms with van der Waals surface area (Å²) in [5.41, 5.74) is 3.03. The summed E-state index contributed by atoms with van der Waals surface area (Å²) < 4.78 is 11.3. The predicted octanol–water partition coefficient (Wildman–Crippen LogP) is 4.47. The van der Waals surface area contributed by atoms with Crippen LogP contribution in [0.2, 0.25) is 0 Å². The maximum atomic E-state index is 10.8. The van der Waals surface area contributed by atoms with Crippen LogP contribution >= 0.6 is 11.8 Å². The maximum Gasteiger partial charge on any atom is 0.277 e. The third-order valence-corrected chi connectivity index (χ3v) is 4.52. The quantitative estimate of drug-likeness (QED) is 0.344. The van der Waals surface area contributed by atoms with Crippen molar-refractivity contribution in [2.75, 3.05) is 0 Å². The van der Waals surface area contributed by atoms with Gasteiger partial charge < -0.3 is 9.15 Å². The SMILES string of the molecule is Cc1ccc(C)c(OCc2nnc(SCc3cccc([N+](=O)[O-])c3)o2)c1. The minimum atomic E-state index is -0.413. The molecule has 7 nitrogen and oxygen atoms in total. The van der Waals surface area contributed by atoms with Crippen molar-refractivity contribution in [3.8, 4) is 5.75 Å². The summed E-state index contributed by atoms with van der Waals surface area (Å²) in [5, 5.41) is 19.2. The smallest absolute Gasteiger partial charge is 0.277 e. The van der Waals surface area contributed by atoms with E-state index in [1.807, 2.05) is 38.1 Å². The maximum absolute atomic E-state index is 10.8. The molecule has 1 aromatic heterocycles. The van der Waals surface area contributed by atoms with Crippen LogP contribution in [-0.2, 0) is 12.4 Å². The number of rotatable bonds is 7. The molecule has 3 rings (SSSR count). The van der Waals surface area contributed by atoms with E-state index in [1.54, 1.807) is 6.07 Å². The lowest BCUT2D eigenvalue weighted by atomic mass is 10.1. The summed E-state index contributed by atoms with van der Waals surface area (Å²) >= 11 is 1.32. The molecule has 8 heteroatoms. The first kappa shape index (κ1) is 17.9. The van der Waals surface area contributed by atoms with Crippen molar-refractivity contribution in [3.63, 3.8) is 0 Å². The number of hydrogen-bond acceptors (Lipinski definition) is 7. The molecule has 0 radical (unpaired) electrons. The fourth-order valence-corrected chi connectivity index (χ4v) is 2.99. The molecule has 0 N–H and O–H groups in total. The van der Waals surface area contributed by atoms with Crippen molar-refractivity contribution in [3.05, 3.63) is 75.2 Å². The minimum absolute atomic E-state index is 0.0660. The summed E-state index contributed by atoms with van der Waals surface area (Å²) in [5.74, 6) is 1.67. The van der Waals surface area contributed by atoms with Gasteiger partial charge in [-0.05, 0) is 36.6 Å². The second-order valence-corrected chi connectivity index (χ2v) is 6.66. The Morgan fingerprint density at radius 3 is 2.85 bits per heavy atom. The number of nitro benzene ring substituents is 1. The van der Waals surface area contributed by atoms with E-state index < -0.39 is 4.92 Å². The van der Waals surface area contributed by atoms with Gasteiger partial charge in [-0.2, -0.15) is 0 Å². The van der Waals surface area contributed by atoms with Crippen molar-refractivity contribution < 1.29 is 14.1 Å². The molecule has 0 amide bonds. The van der Waals surface area contributed by atoms with Gasteiger partial charge in [0.1, 0.15) is 5.75 Å². The Bertz CT molecular complexity index is 926. The molecule has 0 atom stereocenters. The molecular weight excluding hydrogens is 354 g/mol. The molecule has 0 spiro atoms. The highest BCUT2D eigenvalue weighted by molar-refractivity contribution is 7.98. The first-order chi connectivity index (χ1) is 12.5. The molecule has 0 aliphatic carbocycles. The van der Waals surface area contributed by atoms with Crippen molar-refractivity contribution in [2.24, 2.45) is 0 Å². The number of thioether (sulfide) groups is 1. The molecule has 26 heavy (non-hydrogen) atoms. The highest BCUT2D eigenvalue weighted by atomic mass is 32.2. The second kappa shape index (κ2) is 8.01. The van der Waals surface area contributed by atoms with Crippen LogP contribution in [-0.4, -0.2) is 15.1 Å². The highest BCUT2D eigenvalue weighted by Crippen LogP contribution is 2.25. The number of benzene rings is 2. The van der Waals surface area contributed by atoms with Crippen LogP contribution in [0, 0.1) is 24.0 Å². The van der Waals surface area contributed by atoms with E-state index in [9.17, 15) is 10.1 Å². The van der Waals surface area contributed by atoms with E-state index >= 15 is 0 Å². The molecule has 0 aliphatic rings. The third kappa shape index (κ3) is 4.60. The third-order valence-electron chi connectivity index (χ3n) is 3.63. The monoisotopic (exact) mass is 371 g/mol. The Morgan fingerprint density at radius 2 is 2.04 bits per heavy atom. The standard InChI is InChI=1S/C18H17N3O4S/c1-12-6-7-13(2)16(8-12)24-10-17-19-20-18(25-17)26-11-14-4-3-5-15(9-14)21(22)23/h3-9H,10-11H2,1-2H3. The van der Waals surface area contributed by atoms with Crippen LogP contribution in [0.15, 0.2) is 52.1 Å². The fraction of sp³-hybridized carbons (Fsp3) is 0.222. The number of aromatic nitrogens is 2. The molecule has 0 aliphatic heterocycles. The molecule has 0 bridgehead atoms. The number of aryl methyl sites for hydroxylation is 2. The molecule has 3 aromatic rings. The molecular formula is C18H17N3O4S. The van der Waals surface area contributed by atoms with Gasteiger partial charge in [-0.1, -0.05) is 36.0 Å².